The van der Waals surface area contributed by atoms with Gasteiger partial charge in [-0.25, -0.2) is 4.99 Å². The normalized spacial score (nSPS) is 24.1. The molecule has 3 heteroatoms. The first-order chi connectivity index (χ1) is 14.0. The number of para-hydroxylation sites is 3. The van der Waals surface area contributed by atoms with Crippen LogP contribution in [0.4, 0.5) is 17.1 Å². The van der Waals surface area contributed by atoms with Crippen LogP contribution in [-0.4, -0.2) is 36.1 Å². The van der Waals surface area contributed by atoms with Gasteiger partial charge in [0.15, 0.2) is 17.4 Å². The fourth-order valence-corrected chi connectivity index (χ4v) is 4.87. The highest BCUT2D eigenvalue weighted by Crippen LogP contribution is 2.39. The molecule has 3 nitrogen and oxygen atoms in total. The van der Waals surface area contributed by atoms with E-state index in [4.69, 9.17) is 4.99 Å². The maximum absolute atomic E-state index is 4.94. The van der Waals surface area contributed by atoms with Crippen LogP contribution in [0.15, 0.2) is 89.5 Å². The van der Waals surface area contributed by atoms with Gasteiger partial charge >= 0.3 is 0 Å². The molecule has 1 N–H and O–H groups in total. The molecule has 0 fully saturated rings. The van der Waals surface area contributed by atoms with Crippen LogP contribution in [0.25, 0.3) is 0 Å². The first-order valence-corrected chi connectivity index (χ1v) is 10.3. The molecule has 5 rings (SSSR count). The standard InChI is InChI=1S/C26H26N3/c1-26(2)19-9-5-7-11-22(19)29(4)25(26)16-14-18-13-15-24-21(17-18)27-20-10-6-8-12-23(20)28(24)3/h5-17,24H,1-4H3/q+1/p+1. The highest BCUT2D eigenvalue weighted by molar-refractivity contribution is 6.06. The summed E-state index contributed by atoms with van der Waals surface area (Å²) in [6.07, 6.45) is 11.2. The minimum Gasteiger partial charge on any atom is -0.292 e. The summed E-state index contributed by atoms with van der Waals surface area (Å²) in [5, 5.41) is 0. The van der Waals surface area contributed by atoms with Gasteiger partial charge in [0.2, 0.25) is 5.69 Å². The van der Waals surface area contributed by atoms with E-state index < -0.39 is 0 Å². The Kier molecular flexibility index (Phi) is 4.04. The molecule has 0 radical (unpaired) electrons. The predicted molar refractivity (Wildman–Crippen MR) is 121 cm³/mol. The molecule has 2 atom stereocenters. The van der Waals surface area contributed by atoms with Gasteiger partial charge in [-0.3, -0.25) is 4.90 Å². The second-order valence-corrected chi connectivity index (χ2v) is 8.64. The quantitative estimate of drug-likeness (QED) is 0.758. The minimum atomic E-state index is -0.00498. The molecule has 0 spiro atoms. The van der Waals surface area contributed by atoms with Crippen molar-refractivity contribution in [1.82, 2.24) is 0 Å². The van der Waals surface area contributed by atoms with Crippen LogP contribution in [0, 0.1) is 0 Å². The summed E-state index contributed by atoms with van der Waals surface area (Å²) in [4.78, 5) is 6.32. The van der Waals surface area contributed by atoms with Crippen molar-refractivity contribution in [3.8, 4) is 0 Å². The van der Waals surface area contributed by atoms with Gasteiger partial charge in [0.05, 0.1) is 12.5 Å². The molecule has 2 aromatic rings. The van der Waals surface area contributed by atoms with Gasteiger partial charge in [0.25, 0.3) is 0 Å². The number of nitrogens with zero attached hydrogens (tertiary/aromatic N) is 2. The van der Waals surface area contributed by atoms with Crippen LogP contribution in [0.3, 0.4) is 0 Å². The number of quaternary nitrogens is 1. The van der Waals surface area contributed by atoms with E-state index in [0.717, 1.165) is 11.4 Å². The first-order valence-electron chi connectivity index (χ1n) is 10.3. The molecule has 2 unspecified atom stereocenters. The Morgan fingerprint density at radius 3 is 2.62 bits per heavy atom. The third kappa shape index (κ3) is 2.77. The number of fused-ring (bicyclic) bond motifs is 3. The van der Waals surface area contributed by atoms with Gasteiger partial charge in [0.1, 0.15) is 18.4 Å². The summed E-state index contributed by atoms with van der Waals surface area (Å²) in [5.74, 6) is 0. The summed E-state index contributed by atoms with van der Waals surface area (Å²) in [7, 11) is 4.38. The van der Waals surface area contributed by atoms with E-state index in [2.05, 4.69) is 111 Å². The van der Waals surface area contributed by atoms with Crippen molar-refractivity contribution in [3.05, 3.63) is 90.0 Å². The van der Waals surface area contributed by atoms with E-state index in [9.17, 15) is 0 Å². The Morgan fingerprint density at radius 2 is 1.79 bits per heavy atom. The smallest absolute Gasteiger partial charge is 0.209 e. The summed E-state index contributed by atoms with van der Waals surface area (Å²) in [5.41, 5.74) is 8.66. The van der Waals surface area contributed by atoms with Crippen molar-refractivity contribution in [1.29, 1.82) is 0 Å². The number of likely N-dealkylation sites (N-methyl/N-ethyl adjacent to an activating group) is 1. The van der Waals surface area contributed by atoms with Crippen molar-refractivity contribution in [2.24, 2.45) is 4.99 Å². The average molecular weight is 382 g/mol. The third-order valence-corrected chi connectivity index (χ3v) is 6.53. The number of allylic oxidation sites excluding steroid dienone is 4. The van der Waals surface area contributed by atoms with Gasteiger partial charge in [-0.2, -0.15) is 4.58 Å². The van der Waals surface area contributed by atoms with E-state index in [1.807, 2.05) is 0 Å². The molecule has 2 heterocycles. The van der Waals surface area contributed by atoms with E-state index in [1.54, 1.807) is 0 Å². The molecule has 2 aromatic carbocycles. The minimum absolute atomic E-state index is 0.00498. The summed E-state index contributed by atoms with van der Waals surface area (Å²) >= 11 is 0. The molecule has 1 aliphatic carbocycles. The molecule has 0 saturated carbocycles. The first kappa shape index (κ1) is 18.0. The van der Waals surface area contributed by atoms with Crippen molar-refractivity contribution in [2.45, 2.75) is 25.3 Å². The Balaban J connectivity index is 1.49. The molecule has 29 heavy (non-hydrogen) atoms. The van der Waals surface area contributed by atoms with Crippen molar-refractivity contribution >= 4 is 28.5 Å². The van der Waals surface area contributed by atoms with Crippen LogP contribution in [0.1, 0.15) is 19.4 Å². The van der Waals surface area contributed by atoms with Crippen molar-refractivity contribution in [3.63, 3.8) is 0 Å². The van der Waals surface area contributed by atoms with Crippen LogP contribution in [0.2, 0.25) is 0 Å². The summed E-state index contributed by atoms with van der Waals surface area (Å²) in [6.45, 7) is 4.60. The zero-order chi connectivity index (χ0) is 20.2. The number of hydrogen-bond donors (Lipinski definition) is 1. The average Bonchev–Trinajstić information content (AvgIpc) is 2.92. The number of aliphatic imine (C=N–C) groups is 1. The maximum Gasteiger partial charge on any atom is 0.209 e. The predicted octanol–water partition coefficient (Wildman–Crippen LogP) is 4.05. The molecular weight excluding hydrogens is 354 g/mol. The van der Waals surface area contributed by atoms with E-state index in [0.29, 0.717) is 0 Å². The van der Waals surface area contributed by atoms with Gasteiger partial charge in [-0.05, 0) is 43.7 Å². The van der Waals surface area contributed by atoms with Gasteiger partial charge < -0.3 is 0 Å². The fourth-order valence-electron chi connectivity index (χ4n) is 4.87. The zero-order valence-corrected chi connectivity index (χ0v) is 17.5. The molecule has 0 aromatic heterocycles. The fraction of sp³-hybridized carbons (Fsp3) is 0.231. The van der Waals surface area contributed by atoms with Crippen molar-refractivity contribution < 1.29 is 9.48 Å². The number of benzene rings is 2. The maximum atomic E-state index is 4.94. The molecule has 0 saturated heterocycles. The van der Waals surface area contributed by atoms with Crippen LogP contribution < -0.4 is 4.90 Å². The Bertz CT molecular complexity index is 1160. The second-order valence-electron chi connectivity index (χ2n) is 8.64. The lowest BCUT2D eigenvalue weighted by Crippen LogP contribution is -3.09. The number of rotatable bonds is 2. The molecule has 2 aliphatic heterocycles. The largest absolute Gasteiger partial charge is 0.292 e. The van der Waals surface area contributed by atoms with Crippen LogP contribution >= 0.6 is 0 Å². The second kappa shape index (κ2) is 6.50. The van der Waals surface area contributed by atoms with Crippen LogP contribution in [-0.2, 0) is 5.41 Å². The van der Waals surface area contributed by atoms with E-state index >= 15 is 0 Å². The van der Waals surface area contributed by atoms with Crippen LogP contribution in [0.5, 0.6) is 0 Å². The Labute approximate surface area is 172 Å². The SMILES string of the molecule is C[N+]1=C(/C=C/C2=CC3=Nc4ccccc4[NH+](C)C3C=C2)C(C)(C)c2ccccc21. The summed E-state index contributed by atoms with van der Waals surface area (Å²) in [6, 6.07) is 17.4. The van der Waals surface area contributed by atoms with Crippen molar-refractivity contribution in [2.75, 3.05) is 14.1 Å². The lowest BCUT2D eigenvalue weighted by atomic mass is 9.81. The lowest BCUT2D eigenvalue weighted by Gasteiger charge is -2.29. The Hall–Kier alpha value is -3.04. The zero-order valence-electron chi connectivity index (χ0n) is 17.5. The van der Waals surface area contributed by atoms with Gasteiger partial charge in [0, 0.05) is 23.8 Å². The lowest BCUT2D eigenvalue weighted by molar-refractivity contribution is -0.819. The van der Waals surface area contributed by atoms with Gasteiger partial charge in [-0.15, -0.1) is 0 Å². The highest BCUT2D eigenvalue weighted by Gasteiger charge is 2.42. The monoisotopic (exact) mass is 381 g/mol. The molecular formula is C26H27N3+2. The molecule has 0 amide bonds. The molecule has 3 aliphatic rings. The van der Waals surface area contributed by atoms with E-state index in [1.165, 1.54) is 33.1 Å². The third-order valence-electron chi connectivity index (χ3n) is 6.53. The molecule has 0 bridgehead atoms. The molecule has 144 valence electrons. The summed E-state index contributed by atoms with van der Waals surface area (Å²) < 4.78 is 2.31. The topological polar surface area (TPSA) is 19.8 Å². The van der Waals surface area contributed by atoms with E-state index in [-0.39, 0.29) is 11.5 Å². The Morgan fingerprint density at radius 1 is 1.03 bits per heavy atom. The highest BCUT2D eigenvalue weighted by atomic mass is 15.2. The van der Waals surface area contributed by atoms with Gasteiger partial charge in [-0.1, -0.05) is 36.4 Å². The number of nitrogens with one attached hydrogen (secondary N) is 1. The number of hydrogen-bond acceptors (Lipinski definition) is 1.